The van der Waals surface area contributed by atoms with Gasteiger partial charge in [0.25, 0.3) is 0 Å². The zero-order chi connectivity index (χ0) is 12.8. The average molecular weight is 258 g/mol. The Labute approximate surface area is 94.4 Å². The van der Waals surface area contributed by atoms with Crippen molar-refractivity contribution >= 4 is 13.8 Å². The van der Waals surface area contributed by atoms with Gasteiger partial charge in [-0.3, -0.25) is 0 Å². The highest BCUT2D eigenvalue weighted by Gasteiger charge is 2.25. The van der Waals surface area contributed by atoms with Crippen LogP contribution in [0.5, 0.6) is 0 Å². The third kappa shape index (κ3) is 8.58. The summed E-state index contributed by atoms with van der Waals surface area (Å²) in [7, 11) is 1.14. The van der Waals surface area contributed by atoms with Gasteiger partial charge in [0.2, 0.25) is 6.79 Å². The first-order chi connectivity index (χ1) is 7.16. The van der Waals surface area contributed by atoms with E-state index in [1.807, 2.05) is 0 Å². The van der Waals surface area contributed by atoms with Crippen molar-refractivity contribution in [3.05, 3.63) is 12.7 Å². The molecule has 0 amide bonds. The molecule has 0 bridgehead atoms. The third-order valence-corrected chi connectivity index (χ3v) is 2.07. The summed E-state index contributed by atoms with van der Waals surface area (Å²) in [5.74, 6) is -0.744. The van der Waals surface area contributed by atoms with E-state index in [1.54, 1.807) is 21.1 Å². The highest BCUT2D eigenvalue weighted by atomic mass is 31.2. The Bertz CT molecular complexity index is 297. The van der Waals surface area contributed by atoms with Crippen molar-refractivity contribution in [2.75, 3.05) is 34.7 Å². The number of carbonyl (C=O) groups is 1. The number of quaternary nitrogens is 1. The molecular weight excluding hydrogens is 241 g/mol. The SMILES string of the molecule is C=CC(=O)OCOP(=O)(O)OC[15N+]([13CH3])([13CH3])[13CH3]. The molecule has 0 radical (unpaired) electrons. The predicted octanol–water partition coefficient (Wildman–Crippen LogP) is 0.470. The second kappa shape index (κ2) is 6.12. The molecule has 0 rings (SSSR count). The topological polar surface area (TPSA) is 82.1 Å². The van der Waals surface area contributed by atoms with Gasteiger partial charge < -0.3 is 14.1 Å². The van der Waals surface area contributed by atoms with Crippen molar-refractivity contribution in [3.8, 4) is 0 Å². The smallest absolute Gasteiger partial charge is 0.435 e. The maximum atomic E-state index is 11.2. The van der Waals surface area contributed by atoms with E-state index in [0.717, 1.165) is 6.08 Å². The number of esters is 1. The molecule has 0 spiro atoms. The number of hydrogen-bond acceptors (Lipinski definition) is 5. The summed E-state index contributed by atoms with van der Waals surface area (Å²) in [6.07, 6.45) is 0.915. The van der Waals surface area contributed by atoms with E-state index in [1.165, 1.54) is 0 Å². The standard InChI is InChI=1S/C8H16NO6P/c1-5-8(10)13-7-15-16(11,12)14-6-9(2,3)4/h5H,1,6-7H2,2-4H3/p+1/i2+1,3+1,4+1,9+1. The molecule has 0 aliphatic carbocycles. The van der Waals surface area contributed by atoms with E-state index < -0.39 is 20.6 Å². The van der Waals surface area contributed by atoms with Crippen LogP contribution in [-0.4, -0.2) is 50.0 Å². The monoisotopic (exact) mass is 258 g/mol. The summed E-state index contributed by atoms with van der Waals surface area (Å²) in [6.45, 7) is 2.48. The molecule has 0 fully saturated rings. The molecule has 8 heteroatoms. The van der Waals surface area contributed by atoms with Crippen LogP contribution >= 0.6 is 7.82 Å². The number of phosphoric acid groups is 1. The van der Waals surface area contributed by atoms with E-state index in [4.69, 9.17) is 4.89 Å². The Balaban J connectivity index is 3.92. The van der Waals surface area contributed by atoms with Gasteiger partial charge in [-0.2, -0.15) is 0 Å². The Morgan fingerprint density at radius 3 is 2.44 bits per heavy atom. The van der Waals surface area contributed by atoms with Crippen molar-refractivity contribution < 1.29 is 32.5 Å². The van der Waals surface area contributed by atoms with E-state index in [0.29, 0.717) is 4.48 Å². The summed E-state index contributed by atoms with van der Waals surface area (Å²) >= 11 is 0. The lowest BCUT2D eigenvalue weighted by Gasteiger charge is -2.24. The van der Waals surface area contributed by atoms with Crippen molar-refractivity contribution in [2.24, 2.45) is 0 Å². The van der Waals surface area contributed by atoms with Gasteiger partial charge in [0.15, 0.2) is 6.73 Å². The van der Waals surface area contributed by atoms with Crippen LogP contribution in [0, 0.1) is 0 Å². The molecule has 0 aliphatic rings. The van der Waals surface area contributed by atoms with E-state index >= 15 is 0 Å². The van der Waals surface area contributed by atoms with Crippen LogP contribution in [0.4, 0.5) is 0 Å². The van der Waals surface area contributed by atoms with Gasteiger partial charge in [0, 0.05) is 6.08 Å². The summed E-state index contributed by atoms with van der Waals surface area (Å²) in [5, 5.41) is 0. The molecule has 16 heavy (non-hydrogen) atoms. The average Bonchev–Trinajstić information content (AvgIpc) is 2.13. The van der Waals surface area contributed by atoms with Gasteiger partial charge in [-0.25, -0.2) is 18.4 Å². The first kappa shape index (κ1) is 15.3. The lowest BCUT2D eigenvalue weighted by molar-refractivity contribution is -0.887. The van der Waals surface area contributed by atoms with Crippen molar-refractivity contribution in [1.82, 2.24) is 0 Å². The molecule has 0 heterocycles. The lowest BCUT2D eigenvalue weighted by atomic mass is 10.7. The summed E-state index contributed by atoms with van der Waals surface area (Å²) in [5.41, 5.74) is 0. The number of carbonyl (C=O) groups excluding carboxylic acids is 1. The number of phosphoric ester groups is 1. The lowest BCUT2D eigenvalue weighted by Crippen LogP contribution is -2.36. The van der Waals surface area contributed by atoms with Gasteiger partial charge in [-0.1, -0.05) is 6.58 Å². The second-order valence-corrected chi connectivity index (χ2v) is 5.39. The zero-order valence-electron chi connectivity index (χ0n) is 9.58. The summed E-state index contributed by atoms with van der Waals surface area (Å²) in [6, 6.07) is 0. The molecular formula is C8H17NO6P+. The Hall–Kier alpha value is -0.720. The van der Waals surface area contributed by atoms with Crippen molar-refractivity contribution in [2.45, 2.75) is 0 Å². The number of hydrogen-bond donors (Lipinski definition) is 1. The Morgan fingerprint density at radius 2 is 2.00 bits per heavy atom. The molecule has 0 aromatic heterocycles. The Morgan fingerprint density at radius 1 is 1.44 bits per heavy atom. The quantitative estimate of drug-likeness (QED) is 0.136. The van der Waals surface area contributed by atoms with Crippen LogP contribution in [0.25, 0.3) is 0 Å². The van der Waals surface area contributed by atoms with Crippen LogP contribution in [0.15, 0.2) is 12.7 Å². The fourth-order valence-corrected chi connectivity index (χ4v) is 1.25. The second-order valence-electron chi connectivity index (χ2n) is 3.93. The molecule has 0 saturated carbocycles. The molecule has 1 atom stereocenters. The van der Waals surface area contributed by atoms with E-state index in [9.17, 15) is 9.36 Å². The van der Waals surface area contributed by atoms with E-state index in [2.05, 4.69) is 20.4 Å². The van der Waals surface area contributed by atoms with Crippen LogP contribution in [0.3, 0.4) is 0 Å². The molecule has 1 N–H and O–H groups in total. The van der Waals surface area contributed by atoms with Gasteiger partial charge in [0.1, 0.15) is 0 Å². The Kier molecular flexibility index (Phi) is 5.85. The van der Waals surface area contributed by atoms with Crippen LogP contribution in [0.2, 0.25) is 0 Å². The number of rotatable bonds is 7. The normalized spacial score (nSPS) is 15.2. The molecule has 94 valence electrons. The summed E-state index contributed by atoms with van der Waals surface area (Å²) < 4.78 is 24.9. The van der Waals surface area contributed by atoms with Gasteiger partial charge in [-0.05, 0) is 0 Å². The van der Waals surface area contributed by atoms with E-state index in [-0.39, 0.29) is 6.73 Å². The van der Waals surface area contributed by atoms with Crippen molar-refractivity contribution in [3.63, 3.8) is 0 Å². The zero-order valence-corrected chi connectivity index (χ0v) is 10.5. The maximum absolute atomic E-state index is 11.2. The van der Waals surface area contributed by atoms with Gasteiger partial charge >= 0.3 is 13.8 Å². The van der Waals surface area contributed by atoms with Crippen LogP contribution in [0.1, 0.15) is 0 Å². The molecule has 0 aromatic rings. The molecule has 0 aromatic carbocycles. The van der Waals surface area contributed by atoms with Gasteiger partial charge in [0.05, 0.1) is 21.1 Å². The molecule has 7 nitrogen and oxygen atoms in total. The maximum Gasteiger partial charge on any atom is 0.479 e. The van der Waals surface area contributed by atoms with Gasteiger partial charge in [-0.15, -0.1) is 0 Å². The molecule has 0 saturated heterocycles. The highest BCUT2D eigenvalue weighted by molar-refractivity contribution is 7.47. The fraction of sp³-hybridized carbons (Fsp3) is 0.625. The number of ether oxygens (including phenoxy) is 1. The minimum Gasteiger partial charge on any atom is -0.435 e. The fourth-order valence-electron chi connectivity index (χ4n) is 0.493. The molecule has 0 aliphatic heterocycles. The minimum absolute atomic E-state index is 0.0107. The summed E-state index contributed by atoms with van der Waals surface area (Å²) in [4.78, 5) is 19.7. The van der Waals surface area contributed by atoms with Crippen LogP contribution < -0.4 is 0 Å². The molecule has 1 unspecified atom stereocenters. The van der Waals surface area contributed by atoms with Crippen LogP contribution in [-0.2, 0) is 23.1 Å². The first-order valence-corrected chi connectivity index (χ1v) is 5.87. The van der Waals surface area contributed by atoms with Crippen molar-refractivity contribution in [1.29, 1.82) is 0 Å². The first-order valence-electron chi connectivity index (χ1n) is 4.38. The number of nitrogens with zero attached hydrogens (tertiary/aromatic N) is 1. The minimum atomic E-state index is -4.18. The predicted molar refractivity (Wildman–Crippen MR) is 56.1 cm³/mol. The third-order valence-electron chi connectivity index (χ3n) is 1.19. The highest BCUT2D eigenvalue weighted by Crippen LogP contribution is 2.43. The largest absolute Gasteiger partial charge is 0.479 e.